The van der Waals surface area contributed by atoms with Gasteiger partial charge in [-0.25, -0.2) is 4.98 Å². The first-order chi connectivity index (χ1) is 9.24. The number of imidazole rings is 1. The van der Waals surface area contributed by atoms with Gasteiger partial charge in [-0.3, -0.25) is 0 Å². The molecule has 0 radical (unpaired) electrons. The number of nitrogen functional groups attached to an aromatic ring is 1. The SMILES string of the molecule is CC1CC=CCC1COc1nc(N)nc2nc[nH]c12. The minimum atomic E-state index is 0.186. The van der Waals surface area contributed by atoms with Gasteiger partial charge in [0.15, 0.2) is 5.65 Å². The number of ether oxygens (including phenoxy) is 1. The van der Waals surface area contributed by atoms with Crippen LogP contribution in [0.4, 0.5) is 5.95 Å². The maximum atomic E-state index is 5.83. The summed E-state index contributed by atoms with van der Waals surface area (Å²) in [5, 5.41) is 0. The molecule has 3 rings (SSSR count). The molecule has 0 aromatic carbocycles. The molecule has 0 aliphatic heterocycles. The molecule has 0 bridgehead atoms. The fourth-order valence-electron chi connectivity index (χ4n) is 2.35. The Morgan fingerprint density at radius 1 is 1.37 bits per heavy atom. The molecule has 2 atom stereocenters. The van der Waals surface area contributed by atoms with Crippen molar-refractivity contribution in [2.45, 2.75) is 19.8 Å². The average molecular weight is 259 g/mol. The van der Waals surface area contributed by atoms with Crippen molar-refractivity contribution >= 4 is 17.1 Å². The van der Waals surface area contributed by atoms with E-state index in [1.165, 1.54) is 0 Å². The number of allylic oxidation sites excluding steroid dienone is 2. The summed E-state index contributed by atoms with van der Waals surface area (Å²) in [6.45, 7) is 2.88. The number of aromatic amines is 1. The van der Waals surface area contributed by atoms with E-state index in [9.17, 15) is 0 Å². The summed E-state index contributed by atoms with van der Waals surface area (Å²) in [6, 6.07) is 0. The van der Waals surface area contributed by atoms with Crippen LogP contribution in [0.1, 0.15) is 19.8 Å². The lowest BCUT2D eigenvalue weighted by Gasteiger charge is -2.24. The number of nitrogens with zero attached hydrogens (tertiary/aromatic N) is 3. The molecule has 1 aliphatic rings. The molecule has 0 amide bonds. The molecule has 6 heteroatoms. The van der Waals surface area contributed by atoms with Gasteiger partial charge in [-0.15, -0.1) is 0 Å². The van der Waals surface area contributed by atoms with Gasteiger partial charge in [0.1, 0.15) is 5.52 Å². The van der Waals surface area contributed by atoms with E-state index in [2.05, 4.69) is 39.0 Å². The molecular formula is C13H17N5O. The Morgan fingerprint density at radius 2 is 2.21 bits per heavy atom. The van der Waals surface area contributed by atoms with Gasteiger partial charge in [0.25, 0.3) is 0 Å². The fraction of sp³-hybridized carbons (Fsp3) is 0.462. The number of fused-ring (bicyclic) bond motifs is 1. The Hall–Kier alpha value is -2.11. The van der Waals surface area contributed by atoms with Crippen LogP contribution in [-0.4, -0.2) is 26.5 Å². The summed E-state index contributed by atoms with van der Waals surface area (Å²) >= 11 is 0. The van der Waals surface area contributed by atoms with Crippen molar-refractivity contribution in [1.29, 1.82) is 0 Å². The molecule has 2 heterocycles. The van der Waals surface area contributed by atoms with Crippen LogP contribution in [0.15, 0.2) is 18.5 Å². The Bertz CT molecular complexity index is 606. The third-order valence-corrected chi connectivity index (χ3v) is 3.62. The molecule has 6 nitrogen and oxygen atoms in total. The zero-order valence-electron chi connectivity index (χ0n) is 10.8. The van der Waals surface area contributed by atoms with E-state index >= 15 is 0 Å². The van der Waals surface area contributed by atoms with Crippen molar-refractivity contribution in [2.24, 2.45) is 11.8 Å². The van der Waals surface area contributed by atoms with Crippen LogP contribution < -0.4 is 10.5 Å². The van der Waals surface area contributed by atoms with Crippen LogP contribution in [0.25, 0.3) is 11.2 Å². The molecule has 2 aromatic rings. The zero-order chi connectivity index (χ0) is 13.2. The second-order valence-electron chi connectivity index (χ2n) is 4.98. The Kier molecular flexibility index (Phi) is 3.06. The lowest BCUT2D eigenvalue weighted by Crippen LogP contribution is -2.21. The molecule has 100 valence electrons. The van der Waals surface area contributed by atoms with E-state index < -0.39 is 0 Å². The summed E-state index contributed by atoms with van der Waals surface area (Å²) in [5.41, 5.74) is 6.90. The largest absolute Gasteiger partial charge is 0.476 e. The molecule has 3 N–H and O–H groups in total. The van der Waals surface area contributed by atoms with E-state index in [1.54, 1.807) is 6.33 Å². The van der Waals surface area contributed by atoms with Gasteiger partial charge in [0, 0.05) is 0 Å². The zero-order valence-corrected chi connectivity index (χ0v) is 10.8. The summed E-state index contributed by atoms with van der Waals surface area (Å²) in [5.74, 6) is 1.81. The van der Waals surface area contributed by atoms with Crippen LogP contribution in [0.2, 0.25) is 0 Å². The van der Waals surface area contributed by atoms with Gasteiger partial charge in [-0.2, -0.15) is 9.97 Å². The predicted octanol–water partition coefficient (Wildman–Crippen LogP) is 1.92. The van der Waals surface area contributed by atoms with Crippen molar-refractivity contribution in [3.63, 3.8) is 0 Å². The molecule has 0 saturated carbocycles. The third kappa shape index (κ3) is 2.38. The quantitative estimate of drug-likeness (QED) is 0.822. The number of nitrogens with two attached hydrogens (primary N) is 1. The van der Waals surface area contributed by atoms with Gasteiger partial charge >= 0.3 is 0 Å². The van der Waals surface area contributed by atoms with Crippen LogP contribution in [0.3, 0.4) is 0 Å². The second kappa shape index (κ2) is 4.87. The van der Waals surface area contributed by atoms with E-state index in [4.69, 9.17) is 10.5 Å². The molecule has 1 aliphatic carbocycles. The number of hydrogen-bond acceptors (Lipinski definition) is 5. The van der Waals surface area contributed by atoms with Crippen LogP contribution in [0, 0.1) is 11.8 Å². The van der Waals surface area contributed by atoms with Gasteiger partial charge < -0.3 is 15.5 Å². The number of H-pyrrole nitrogens is 1. The Labute approximate surface area is 111 Å². The highest BCUT2D eigenvalue weighted by atomic mass is 16.5. The standard InChI is InChI=1S/C13H17N5O/c1-8-4-2-3-5-9(8)6-19-12-10-11(16-7-15-10)17-13(14)18-12/h2-3,7-9H,4-6H2,1H3,(H3,14,15,16,17,18). The monoisotopic (exact) mass is 259 g/mol. The van der Waals surface area contributed by atoms with Crippen molar-refractivity contribution < 1.29 is 4.74 Å². The van der Waals surface area contributed by atoms with Crippen LogP contribution in [0.5, 0.6) is 5.88 Å². The van der Waals surface area contributed by atoms with E-state index in [1.807, 2.05) is 0 Å². The molecular weight excluding hydrogens is 242 g/mol. The molecule has 19 heavy (non-hydrogen) atoms. The van der Waals surface area contributed by atoms with Crippen LogP contribution in [-0.2, 0) is 0 Å². The minimum absolute atomic E-state index is 0.186. The highest BCUT2D eigenvalue weighted by Crippen LogP contribution is 2.27. The number of hydrogen-bond donors (Lipinski definition) is 2. The number of anilines is 1. The fourth-order valence-corrected chi connectivity index (χ4v) is 2.35. The first-order valence-electron chi connectivity index (χ1n) is 6.48. The first-order valence-corrected chi connectivity index (χ1v) is 6.48. The number of rotatable bonds is 3. The molecule has 2 unspecified atom stereocenters. The lowest BCUT2D eigenvalue weighted by molar-refractivity contribution is 0.194. The van der Waals surface area contributed by atoms with Gasteiger partial charge in [-0.05, 0) is 24.7 Å². The van der Waals surface area contributed by atoms with Gasteiger partial charge in [-0.1, -0.05) is 19.1 Å². The van der Waals surface area contributed by atoms with E-state index in [0.29, 0.717) is 35.5 Å². The van der Waals surface area contributed by atoms with Crippen LogP contribution >= 0.6 is 0 Å². The van der Waals surface area contributed by atoms with E-state index in [-0.39, 0.29) is 5.95 Å². The van der Waals surface area contributed by atoms with Crippen molar-refractivity contribution in [3.8, 4) is 5.88 Å². The summed E-state index contributed by atoms with van der Waals surface area (Å²) in [4.78, 5) is 15.2. The highest BCUT2D eigenvalue weighted by molar-refractivity contribution is 5.76. The second-order valence-corrected chi connectivity index (χ2v) is 4.98. The number of nitrogens with one attached hydrogen (secondary N) is 1. The Balaban J connectivity index is 1.78. The predicted molar refractivity (Wildman–Crippen MR) is 72.6 cm³/mol. The topological polar surface area (TPSA) is 89.7 Å². The molecule has 0 fully saturated rings. The van der Waals surface area contributed by atoms with Crippen molar-refractivity contribution in [2.75, 3.05) is 12.3 Å². The van der Waals surface area contributed by atoms with Crippen molar-refractivity contribution in [3.05, 3.63) is 18.5 Å². The maximum Gasteiger partial charge on any atom is 0.245 e. The van der Waals surface area contributed by atoms with Gasteiger partial charge in [0.2, 0.25) is 11.8 Å². The van der Waals surface area contributed by atoms with E-state index in [0.717, 1.165) is 12.8 Å². The highest BCUT2D eigenvalue weighted by Gasteiger charge is 2.20. The van der Waals surface area contributed by atoms with Gasteiger partial charge in [0.05, 0.1) is 12.9 Å². The summed E-state index contributed by atoms with van der Waals surface area (Å²) in [6.07, 6.45) is 8.18. The maximum absolute atomic E-state index is 5.83. The molecule has 2 aromatic heterocycles. The summed E-state index contributed by atoms with van der Waals surface area (Å²) < 4.78 is 5.83. The normalized spacial score (nSPS) is 22.8. The van der Waals surface area contributed by atoms with Crippen molar-refractivity contribution in [1.82, 2.24) is 19.9 Å². The lowest BCUT2D eigenvalue weighted by atomic mass is 9.85. The first kappa shape index (κ1) is 12.0. The third-order valence-electron chi connectivity index (χ3n) is 3.62. The molecule has 0 spiro atoms. The number of aromatic nitrogens is 4. The minimum Gasteiger partial charge on any atom is -0.476 e. The summed E-state index contributed by atoms with van der Waals surface area (Å²) in [7, 11) is 0. The average Bonchev–Trinajstić information content (AvgIpc) is 2.85. The Morgan fingerprint density at radius 3 is 3.05 bits per heavy atom. The molecule has 0 saturated heterocycles. The smallest absolute Gasteiger partial charge is 0.245 e.